The van der Waals surface area contributed by atoms with Crippen LogP contribution < -0.4 is 16.0 Å². The summed E-state index contributed by atoms with van der Waals surface area (Å²) >= 11 is 6.06. The quantitative estimate of drug-likeness (QED) is 0.673. The summed E-state index contributed by atoms with van der Waals surface area (Å²) in [5, 5.41) is 10.9. The molecule has 2 aliphatic rings. The number of halogens is 2. The predicted molar refractivity (Wildman–Crippen MR) is 112 cm³/mol. The molecule has 0 unspecified atom stereocenters. The molecule has 6 heteroatoms. The molecule has 27 heavy (non-hydrogen) atoms. The topological polar surface area (TPSA) is 48.5 Å². The van der Waals surface area contributed by atoms with Crippen molar-refractivity contribution in [2.75, 3.05) is 23.7 Å². The average Bonchev–Trinajstić information content (AvgIpc) is 2.69. The van der Waals surface area contributed by atoms with Crippen molar-refractivity contribution in [1.82, 2.24) is 5.32 Å². The van der Waals surface area contributed by atoms with Crippen molar-refractivity contribution in [1.29, 1.82) is 0 Å². The molecule has 0 bridgehead atoms. The number of hydrogen-bond acceptors (Lipinski definition) is 3. The molecule has 4 nitrogen and oxygen atoms in total. The molecule has 0 radical (unpaired) electrons. The molecule has 2 heterocycles. The van der Waals surface area contributed by atoms with Crippen molar-refractivity contribution in [3.05, 3.63) is 58.9 Å². The fourth-order valence-corrected chi connectivity index (χ4v) is 3.74. The third-order valence-electron chi connectivity index (χ3n) is 4.85. The lowest BCUT2D eigenvalue weighted by Crippen LogP contribution is -2.58. The first-order chi connectivity index (χ1) is 13.2. The monoisotopic (exact) mass is 388 g/mol. The Balaban J connectivity index is 0.00000102. The van der Waals surface area contributed by atoms with Gasteiger partial charge in [-0.05, 0) is 55.8 Å². The smallest absolute Gasteiger partial charge is 0.148 e. The Morgan fingerprint density at radius 2 is 1.85 bits per heavy atom. The van der Waals surface area contributed by atoms with Crippen molar-refractivity contribution in [2.45, 2.75) is 38.8 Å². The third-order valence-corrected chi connectivity index (χ3v) is 5.09. The normalized spacial score (nSPS) is 18.7. The summed E-state index contributed by atoms with van der Waals surface area (Å²) in [4.78, 5) is 4.80. The Hall–Kier alpha value is -2.11. The van der Waals surface area contributed by atoms with Gasteiger partial charge in [-0.25, -0.2) is 4.39 Å². The molecular weight excluding hydrogens is 363 g/mol. The summed E-state index contributed by atoms with van der Waals surface area (Å²) in [6.07, 6.45) is 1.79. The van der Waals surface area contributed by atoms with Crippen molar-refractivity contribution in [2.24, 2.45) is 4.99 Å². The largest absolute Gasteiger partial charge is 0.371 e. The van der Waals surface area contributed by atoms with Gasteiger partial charge in [0, 0.05) is 5.02 Å². The van der Waals surface area contributed by atoms with Gasteiger partial charge in [0.05, 0.1) is 23.5 Å². The number of nitrogens with one attached hydrogen (secondary N) is 3. The lowest BCUT2D eigenvalue weighted by Gasteiger charge is -2.44. The number of amidine groups is 1. The highest BCUT2D eigenvalue weighted by Gasteiger charge is 2.41. The Kier molecular flexibility index (Phi) is 6.34. The number of rotatable bonds is 2. The Morgan fingerprint density at radius 1 is 1.11 bits per heavy atom. The second kappa shape index (κ2) is 8.72. The third kappa shape index (κ3) is 4.25. The van der Waals surface area contributed by atoms with Gasteiger partial charge >= 0.3 is 0 Å². The van der Waals surface area contributed by atoms with Gasteiger partial charge < -0.3 is 16.0 Å². The van der Waals surface area contributed by atoms with Gasteiger partial charge in [-0.1, -0.05) is 43.6 Å². The number of piperidine rings is 1. The Labute approximate surface area is 165 Å². The van der Waals surface area contributed by atoms with Gasteiger partial charge in [0.2, 0.25) is 0 Å². The van der Waals surface area contributed by atoms with E-state index in [1.54, 1.807) is 6.07 Å². The second-order valence-electron chi connectivity index (χ2n) is 6.54. The van der Waals surface area contributed by atoms with Crippen molar-refractivity contribution in [3.63, 3.8) is 0 Å². The van der Waals surface area contributed by atoms with Crippen LogP contribution >= 0.6 is 11.6 Å². The molecule has 0 amide bonds. The van der Waals surface area contributed by atoms with Gasteiger partial charge in [-0.3, -0.25) is 4.99 Å². The van der Waals surface area contributed by atoms with E-state index in [1.165, 1.54) is 6.07 Å². The summed E-state index contributed by atoms with van der Waals surface area (Å²) < 4.78 is 14.2. The molecule has 0 saturated carbocycles. The average molecular weight is 389 g/mol. The number of aliphatic imine (C=N–C) groups is 1. The molecule has 1 spiro atoms. The van der Waals surface area contributed by atoms with Crippen LogP contribution in [0.2, 0.25) is 5.02 Å². The predicted octanol–water partition coefficient (Wildman–Crippen LogP) is 5.06. The van der Waals surface area contributed by atoms with Crippen LogP contribution in [0, 0.1) is 5.82 Å². The van der Waals surface area contributed by atoms with Crippen molar-refractivity contribution >= 4 is 28.8 Å². The van der Waals surface area contributed by atoms with E-state index in [-0.39, 0.29) is 11.4 Å². The minimum absolute atomic E-state index is 0.274. The zero-order valence-corrected chi connectivity index (χ0v) is 16.5. The van der Waals surface area contributed by atoms with E-state index in [9.17, 15) is 4.39 Å². The molecule has 0 aliphatic carbocycles. The van der Waals surface area contributed by atoms with Crippen LogP contribution in [0.4, 0.5) is 15.8 Å². The Bertz CT molecular complexity index is 816. The van der Waals surface area contributed by atoms with E-state index in [0.29, 0.717) is 17.3 Å². The van der Waals surface area contributed by atoms with E-state index in [1.807, 2.05) is 44.2 Å². The van der Waals surface area contributed by atoms with Gasteiger partial charge in [-0.15, -0.1) is 0 Å². The molecule has 144 valence electrons. The SMILES string of the molecule is CC.Fc1cccc2c1NC(=NCc1cccc(Cl)c1)C1(CCNCC1)N2. The molecule has 0 aromatic heterocycles. The summed E-state index contributed by atoms with van der Waals surface area (Å²) in [5.41, 5.74) is 2.01. The molecular formula is C21H26ClFN4. The first-order valence-electron chi connectivity index (χ1n) is 9.50. The van der Waals surface area contributed by atoms with Crippen LogP contribution in [-0.2, 0) is 6.54 Å². The Morgan fingerprint density at radius 3 is 2.59 bits per heavy atom. The maximum atomic E-state index is 14.2. The molecule has 3 N–H and O–H groups in total. The van der Waals surface area contributed by atoms with Gasteiger partial charge in [0.25, 0.3) is 0 Å². The molecule has 2 aromatic rings. The summed E-state index contributed by atoms with van der Waals surface area (Å²) in [7, 11) is 0. The molecule has 4 rings (SSSR count). The van der Waals surface area contributed by atoms with Gasteiger partial charge in [-0.2, -0.15) is 0 Å². The lowest BCUT2D eigenvalue weighted by atomic mass is 9.84. The molecule has 0 atom stereocenters. The van der Waals surface area contributed by atoms with Gasteiger partial charge in [0.15, 0.2) is 0 Å². The van der Waals surface area contributed by atoms with Gasteiger partial charge in [0.1, 0.15) is 11.7 Å². The number of benzene rings is 2. The number of nitrogens with zero attached hydrogens (tertiary/aromatic N) is 1. The molecule has 1 saturated heterocycles. The van der Waals surface area contributed by atoms with Crippen molar-refractivity contribution < 1.29 is 4.39 Å². The lowest BCUT2D eigenvalue weighted by molar-refractivity contribution is 0.418. The number of para-hydroxylation sites is 1. The number of anilines is 2. The summed E-state index contributed by atoms with van der Waals surface area (Å²) in [6, 6.07) is 12.8. The second-order valence-corrected chi connectivity index (χ2v) is 6.98. The molecule has 2 aliphatic heterocycles. The highest BCUT2D eigenvalue weighted by molar-refractivity contribution is 6.30. The highest BCUT2D eigenvalue weighted by Crippen LogP contribution is 2.37. The van der Waals surface area contributed by atoms with Crippen LogP contribution in [0.25, 0.3) is 0 Å². The van der Waals surface area contributed by atoms with Crippen LogP contribution in [0.3, 0.4) is 0 Å². The highest BCUT2D eigenvalue weighted by atomic mass is 35.5. The van der Waals surface area contributed by atoms with Crippen LogP contribution in [-0.4, -0.2) is 24.5 Å². The first kappa shape index (κ1) is 19.6. The number of fused-ring (bicyclic) bond motifs is 1. The number of hydrogen-bond donors (Lipinski definition) is 3. The fraction of sp³-hybridized carbons (Fsp3) is 0.381. The van der Waals surface area contributed by atoms with Crippen molar-refractivity contribution in [3.8, 4) is 0 Å². The molecule has 1 fully saturated rings. The zero-order chi connectivity index (χ0) is 19.3. The van der Waals surface area contributed by atoms with Crippen LogP contribution in [0.5, 0.6) is 0 Å². The van der Waals surface area contributed by atoms with E-state index in [2.05, 4.69) is 16.0 Å². The van der Waals surface area contributed by atoms with E-state index in [0.717, 1.165) is 43.0 Å². The molecule has 2 aromatic carbocycles. The first-order valence-corrected chi connectivity index (χ1v) is 9.88. The summed E-state index contributed by atoms with van der Waals surface area (Å²) in [6.45, 7) is 6.30. The maximum absolute atomic E-state index is 14.2. The summed E-state index contributed by atoms with van der Waals surface area (Å²) in [5.74, 6) is 0.524. The van der Waals surface area contributed by atoms with Crippen LogP contribution in [0.1, 0.15) is 32.3 Å². The minimum Gasteiger partial charge on any atom is -0.371 e. The fourth-order valence-electron chi connectivity index (χ4n) is 3.52. The zero-order valence-electron chi connectivity index (χ0n) is 15.8. The minimum atomic E-state index is -0.287. The van der Waals surface area contributed by atoms with E-state index in [4.69, 9.17) is 16.6 Å². The standard InChI is InChI=1S/C19H20ClFN4.C2H6/c20-14-4-1-3-13(11-14)12-23-18-19(7-9-22-10-8-19)25-16-6-2-5-15(21)17(16)24-18;1-2/h1-6,11,22,25H,7-10,12H2,(H,23,24);1-2H3. The van der Waals surface area contributed by atoms with E-state index >= 15 is 0 Å². The van der Waals surface area contributed by atoms with Crippen LogP contribution in [0.15, 0.2) is 47.5 Å². The maximum Gasteiger partial charge on any atom is 0.148 e. The van der Waals surface area contributed by atoms with E-state index < -0.39 is 0 Å².